The second-order valence-corrected chi connectivity index (χ2v) is 10.8. The summed E-state index contributed by atoms with van der Waals surface area (Å²) in [7, 11) is 1.22. The third kappa shape index (κ3) is 5.68. The van der Waals surface area contributed by atoms with Gasteiger partial charge >= 0.3 is 6.18 Å². The Morgan fingerprint density at radius 2 is 1.93 bits per heavy atom. The number of nitrogens with one attached hydrogen (secondary N) is 2. The Morgan fingerprint density at radius 3 is 2.65 bits per heavy atom. The van der Waals surface area contributed by atoms with Crippen LogP contribution in [0.2, 0.25) is 0 Å². The molecule has 1 aromatic carbocycles. The molecule has 1 atom stereocenters. The molecule has 13 heteroatoms. The molecule has 0 saturated heterocycles. The van der Waals surface area contributed by atoms with Crippen LogP contribution >= 0.6 is 0 Å². The highest BCUT2D eigenvalue weighted by Crippen LogP contribution is 2.36. The summed E-state index contributed by atoms with van der Waals surface area (Å²) >= 11 is 0. The van der Waals surface area contributed by atoms with Crippen molar-refractivity contribution in [1.82, 2.24) is 35.2 Å². The van der Waals surface area contributed by atoms with Crippen molar-refractivity contribution in [1.29, 1.82) is 0 Å². The van der Waals surface area contributed by atoms with E-state index in [2.05, 4.69) is 35.8 Å². The maximum atomic E-state index is 13.5. The van der Waals surface area contributed by atoms with Gasteiger partial charge in [-0.1, -0.05) is 44.5 Å². The normalized spacial score (nSPS) is 15.8. The molecule has 0 aliphatic heterocycles. The minimum atomic E-state index is -4.59. The van der Waals surface area contributed by atoms with E-state index in [1.165, 1.54) is 13.2 Å². The van der Waals surface area contributed by atoms with Gasteiger partial charge < -0.3 is 15.2 Å². The van der Waals surface area contributed by atoms with Gasteiger partial charge in [0.05, 0.1) is 23.6 Å². The van der Waals surface area contributed by atoms with Gasteiger partial charge in [-0.3, -0.25) is 9.48 Å². The number of rotatable bonds is 5. The fourth-order valence-corrected chi connectivity index (χ4v) is 4.70. The lowest BCUT2D eigenvalue weighted by Crippen LogP contribution is -2.29. The van der Waals surface area contributed by atoms with Crippen molar-refractivity contribution >= 4 is 17.5 Å². The minimum Gasteiger partial charge on any atom is -0.342 e. The lowest BCUT2D eigenvalue weighted by atomic mass is 9.95. The van der Waals surface area contributed by atoms with E-state index in [0.717, 1.165) is 53.3 Å². The molecule has 3 heterocycles. The van der Waals surface area contributed by atoms with Gasteiger partial charge in [-0.15, -0.1) is 0 Å². The summed E-state index contributed by atoms with van der Waals surface area (Å²) in [6, 6.07) is 7.30. The summed E-state index contributed by atoms with van der Waals surface area (Å²) in [5, 5.41) is 13.3. The number of hydrogen-bond donors (Lipinski definition) is 2. The Morgan fingerprint density at radius 1 is 1.12 bits per heavy atom. The van der Waals surface area contributed by atoms with Crippen LogP contribution in [0.3, 0.4) is 0 Å². The van der Waals surface area contributed by atoms with Gasteiger partial charge in [-0.05, 0) is 42.5 Å². The predicted octanol–water partition coefficient (Wildman–Crippen LogP) is 5.52. The number of amides is 1. The maximum absolute atomic E-state index is 13.5. The van der Waals surface area contributed by atoms with Crippen molar-refractivity contribution in [2.45, 2.75) is 64.1 Å². The molecule has 0 bridgehead atoms. The number of carbonyl (C=O) groups is 1. The SMILES string of the molecule is Cn1ncc(Nc2nccc(-c3ccc4c(c3)CCCC[C@H]4NC(=O)c3noc(C(C)(C)C)n3)n2)c1C(F)(F)F. The van der Waals surface area contributed by atoms with Crippen molar-refractivity contribution < 1.29 is 22.5 Å². The van der Waals surface area contributed by atoms with Crippen molar-refractivity contribution in [2.75, 3.05) is 5.32 Å². The van der Waals surface area contributed by atoms with Crippen LogP contribution in [0.25, 0.3) is 11.3 Å². The molecule has 0 spiro atoms. The molecule has 0 saturated carbocycles. The summed E-state index contributed by atoms with van der Waals surface area (Å²) in [5.74, 6) is 0.00298. The molecular weight excluding hydrogens is 525 g/mol. The number of benzene rings is 1. The molecule has 5 rings (SSSR count). The molecule has 4 aromatic rings. The smallest absolute Gasteiger partial charge is 0.342 e. The zero-order valence-electron chi connectivity index (χ0n) is 22.5. The summed E-state index contributed by atoms with van der Waals surface area (Å²) in [4.78, 5) is 25.7. The van der Waals surface area contributed by atoms with Crippen LogP contribution in [0, 0.1) is 0 Å². The monoisotopic (exact) mass is 554 g/mol. The molecular formula is C27H29F3N8O2. The van der Waals surface area contributed by atoms with Crippen LogP contribution in [0.1, 0.15) is 79.4 Å². The average Bonchev–Trinajstić information content (AvgIpc) is 3.48. The highest BCUT2D eigenvalue weighted by atomic mass is 19.4. The Hall–Kier alpha value is -4.29. The number of fused-ring (bicyclic) bond motifs is 1. The van der Waals surface area contributed by atoms with Crippen LogP contribution in [0.15, 0.2) is 41.2 Å². The van der Waals surface area contributed by atoms with E-state index in [0.29, 0.717) is 11.6 Å². The highest BCUT2D eigenvalue weighted by Gasteiger charge is 2.38. The predicted molar refractivity (Wildman–Crippen MR) is 140 cm³/mol. The first-order chi connectivity index (χ1) is 18.9. The fraction of sp³-hybridized carbons (Fsp3) is 0.407. The van der Waals surface area contributed by atoms with Crippen LogP contribution in [0.4, 0.5) is 24.8 Å². The minimum absolute atomic E-state index is 0.00402. The average molecular weight is 555 g/mol. The van der Waals surface area contributed by atoms with E-state index >= 15 is 0 Å². The molecule has 40 heavy (non-hydrogen) atoms. The number of halogens is 3. The van der Waals surface area contributed by atoms with Crippen molar-refractivity contribution in [2.24, 2.45) is 7.05 Å². The molecule has 210 valence electrons. The Bertz CT molecular complexity index is 1540. The van der Waals surface area contributed by atoms with E-state index < -0.39 is 17.8 Å². The molecule has 10 nitrogen and oxygen atoms in total. The fourth-order valence-electron chi connectivity index (χ4n) is 4.70. The molecule has 3 aromatic heterocycles. The van der Waals surface area contributed by atoms with Gasteiger partial charge in [0.25, 0.3) is 11.7 Å². The zero-order valence-corrected chi connectivity index (χ0v) is 22.5. The standard InChI is InChI=1S/C27H29F3N8O2/c1-26(2,3)24-36-22(37-40-24)23(39)33-19-8-6-5-7-15-13-16(9-10-17(15)19)18-11-12-31-25(34-18)35-20-14-32-38(4)21(20)27(28,29)30/h9-14,19H,5-8H2,1-4H3,(H,33,39)(H,31,34,35)/t19-/m1/s1. The van der Waals surface area contributed by atoms with E-state index in [9.17, 15) is 18.0 Å². The number of aromatic nitrogens is 6. The summed E-state index contributed by atoms with van der Waals surface area (Å²) in [5.41, 5.74) is 1.86. The number of anilines is 2. The molecule has 1 amide bonds. The lowest BCUT2D eigenvalue weighted by molar-refractivity contribution is -0.143. The van der Waals surface area contributed by atoms with Crippen molar-refractivity contribution in [3.63, 3.8) is 0 Å². The third-order valence-electron chi connectivity index (χ3n) is 6.69. The van der Waals surface area contributed by atoms with Crippen LogP contribution in [-0.4, -0.2) is 35.8 Å². The van der Waals surface area contributed by atoms with Crippen LogP contribution < -0.4 is 10.6 Å². The number of hydrogen-bond acceptors (Lipinski definition) is 8. The first kappa shape index (κ1) is 27.3. The van der Waals surface area contributed by atoms with Crippen molar-refractivity contribution in [3.8, 4) is 11.3 Å². The van der Waals surface area contributed by atoms with Gasteiger partial charge in [-0.2, -0.15) is 23.3 Å². The Balaban J connectivity index is 1.37. The van der Waals surface area contributed by atoms with Gasteiger partial charge in [0.1, 0.15) is 0 Å². The van der Waals surface area contributed by atoms with Crippen LogP contribution in [-0.2, 0) is 25.1 Å². The number of aryl methyl sites for hydroxylation is 2. The first-order valence-electron chi connectivity index (χ1n) is 12.9. The van der Waals surface area contributed by atoms with E-state index in [4.69, 9.17) is 4.52 Å². The van der Waals surface area contributed by atoms with Gasteiger partial charge in [0, 0.05) is 24.2 Å². The molecule has 1 aliphatic rings. The Labute approximate surface area is 228 Å². The lowest BCUT2D eigenvalue weighted by Gasteiger charge is -2.19. The summed E-state index contributed by atoms with van der Waals surface area (Å²) < 4.78 is 46.4. The second-order valence-electron chi connectivity index (χ2n) is 10.8. The largest absolute Gasteiger partial charge is 0.435 e. The Kier molecular flexibility index (Phi) is 7.06. The van der Waals surface area contributed by atoms with E-state index in [1.54, 1.807) is 6.07 Å². The third-order valence-corrected chi connectivity index (χ3v) is 6.69. The number of alkyl halides is 3. The highest BCUT2D eigenvalue weighted by molar-refractivity contribution is 5.90. The molecule has 2 N–H and O–H groups in total. The number of nitrogens with zero attached hydrogens (tertiary/aromatic N) is 6. The van der Waals surface area contributed by atoms with Gasteiger partial charge in [-0.25, -0.2) is 9.97 Å². The molecule has 0 radical (unpaired) electrons. The summed E-state index contributed by atoms with van der Waals surface area (Å²) in [6.07, 6.45) is 1.42. The zero-order chi connectivity index (χ0) is 28.7. The second kappa shape index (κ2) is 10.4. The topological polar surface area (TPSA) is 124 Å². The van der Waals surface area contributed by atoms with Crippen molar-refractivity contribution in [3.05, 3.63) is 65.2 Å². The quantitative estimate of drug-likeness (QED) is 0.309. The maximum Gasteiger partial charge on any atom is 0.435 e. The molecule has 1 aliphatic carbocycles. The summed E-state index contributed by atoms with van der Waals surface area (Å²) in [6.45, 7) is 5.78. The van der Waals surface area contributed by atoms with E-state index in [-0.39, 0.29) is 28.9 Å². The molecule has 0 fully saturated rings. The number of carbonyl (C=O) groups excluding carboxylic acids is 1. The molecule has 0 unspecified atom stereocenters. The van der Waals surface area contributed by atoms with Crippen LogP contribution in [0.5, 0.6) is 0 Å². The van der Waals surface area contributed by atoms with E-state index in [1.807, 2.05) is 39.0 Å². The van der Waals surface area contributed by atoms with Gasteiger partial charge in [0.15, 0.2) is 5.69 Å². The van der Waals surface area contributed by atoms with Gasteiger partial charge in [0.2, 0.25) is 11.8 Å². The first-order valence-corrected chi connectivity index (χ1v) is 12.9.